The van der Waals surface area contributed by atoms with Gasteiger partial charge in [-0.3, -0.25) is 10.1 Å². The van der Waals surface area contributed by atoms with E-state index in [0.717, 1.165) is 30.0 Å². The average Bonchev–Trinajstić information content (AvgIpc) is 3.16. The van der Waals surface area contributed by atoms with Crippen molar-refractivity contribution in [2.24, 2.45) is 0 Å². The number of rotatable bonds is 5. The molecule has 0 aliphatic carbocycles. The van der Waals surface area contributed by atoms with Crippen LogP contribution in [0.15, 0.2) is 48.5 Å². The zero-order valence-electron chi connectivity index (χ0n) is 14.8. The molecule has 5 nitrogen and oxygen atoms in total. The molecular formula is C20H23N3O2S. The van der Waals surface area contributed by atoms with Crippen LogP contribution in [0.1, 0.15) is 18.4 Å². The lowest BCUT2D eigenvalue weighted by atomic mass is 10.2. The largest absolute Gasteiger partial charge is 0.484 e. The number of carbonyl (C=O) groups excluding carboxylic acids is 1. The van der Waals surface area contributed by atoms with E-state index in [9.17, 15) is 4.79 Å². The summed E-state index contributed by atoms with van der Waals surface area (Å²) in [6.45, 7) is 4.00. The van der Waals surface area contributed by atoms with Gasteiger partial charge in [-0.25, -0.2) is 0 Å². The van der Waals surface area contributed by atoms with Crippen LogP contribution in [0.3, 0.4) is 0 Å². The van der Waals surface area contributed by atoms with Crippen LogP contribution in [0.5, 0.6) is 5.75 Å². The predicted octanol–water partition coefficient (Wildman–Crippen LogP) is 3.49. The van der Waals surface area contributed by atoms with E-state index in [1.807, 2.05) is 49.4 Å². The molecule has 1 fully saturated rings. The Labute approximate surface area is 159 Å². The van der Waals surface area contributed by atoms with Gasteiger partial charge >= 0.3 is 0 Å². The van der Waals surface area contributed by atoms with Crippen LogP contribution in [0.4, 0.5) is 11.4 Å². The van der Waals surface area contributed by atoms with Crippen molar-refractivity contribution in [3.05, 3.63) is 54.1 Å². The Morgan fingerprint density at radius 3 is 2.54 bits per heavy atom. The highest BCUT2D eigenvalue weighted by atomic mass is 32.1. The van der Waals surface area contributed by atoms with Crippen molar-refractivity contribution < 1.29 is 9.53 Å². The van der Waals surface area contributed by atoms with Crippen molar-refractivity contribution in [3.63, 3.8) is 0 Å². The van der Waals surface area contributed by atoms with Gasteiger partial charge in [0.15, 0.2) is 11.7 Å². The Balaban J connectivity index is 1.52. The molecule has 0 spiro atoms. The lowest BCUT2D eigenvalue weighted by molar-refractivity contribution is -0.121. The van der Waals surface area contributed by atoms with Crippen molar-refractivity contribution in [1.82, 2.24) is 5.32 Å². The van der Waals surface area contributed by atoms with Crippen LogP contribution in [0, 0.1) is 6.92 Å². The standard InChI is InChI=1S/C20H23N3O2S/c1-15-8-10-16(11-9-15)25-14-19(24)22-20(26)21-17-6-2-3-7-18(17)23-12-4-5-13-23/h2-3,6-11H,4-5,12-14H2,1H3,(H2,21,22,24,26). The Morgan fingerprint density at radius 2 is 1.81 bits per heavy atom. The van der Waals surface area contributed by atoms with Crippen molar-refractivity contribution in [3.8, 4) is 5.75 Å². The molecule has 0 bridgehead atoms. The molecule has 3 rings (SSSR count). The quantitative estimate of drug-likeness (QED) is 0.790. The van der Waals surface area contributed by atoms with Crippen LogP contribution in [-0.2, 0) is 4.79 Å². The van der Waals surface area contributed by atoms with E-state index in [4.69, 9.17) is 17.0 Å². The van der Waals surface area contributed by atoms with E-state index in [0.29, 0.717) is 5.75 Å². The van der Waals surface area contributed by atoms with E-state index >= 15 is 0 Å². The Morgan fingerprint density at radius 1 is 1.12 bits per heavy atom. The van der Waals surface area contributed by atoms with Crippen molar-refractivity contribution >= 4 is 34.6 Å². The van der Waals surface area contributed by atoms with Gasteiger partial charge in [0.25, 0.3) is 5.91 Å². The first-order valence-corrected chi connectivity index (χ1v) is 9.17. The van der Waals surface area contributed by atoms with Gasteiger partial charge in [-0.05, 0) is 56.2 Å². The van der Waals surface area contributed by atoms with Crippen molar-refractivity contribution in [2.75, 3.05) is 29.9 Å². The molecule has 0 radical (unpaired) electrons. The predicted molar refractivity (Wildman–Crippen MR) is 109 cm³/mol. The molecule has 2 aromatic carbocycles. The van der Waals surface area contributed by atoms with E-state index in [2.05, 4.69) is 21.6 Å². The summed E-state index contributed by atoms with van der Waals surface area (Å²) in [4.78, 5) is 14.4. The number of ether oxygens (including phenoxy) is 1. The third-order valence-corrected chi connectivity index (χ3v) is 4.45. The zero-order chi connectivity index (χ0) is 18.4. The highest BCUT2D eigenvalue weighted by Crippen LogP contribution is 2.28. The number of anilines is 2. The van der Waals surface area contributed by atoms with Gasteiger partial charge in [-0.1, -0.05) is 29.8 Å². The van der Waals surface area contributed by atoms with Crippen LogP contribution in [-0.4, -0.2) is 30.7 Å². The number of hydrogen-bond acceptors (Lipinski definition) is 4. The van der Waals surface area contributed by atoms with Gasteiger partial charge in [0.1, 0.15) is 5.75 Å². The van der Waals surface area contributed by atoms with Crippen LogP contribution >= 0.6 is 12.2 Å². The highest BCUT2D eigenvalue weighted by molar-refractivity contribution is 7.80. The molecule has 1 saturated heterocycles. The molecule has 1 aliphatic heterocycles. The number of hydrogen-bond donors (Lipinski definition) is 2. The summed E-state index contributed by atoms with van der Waals surface area (Å²) in [6.07, 6.45) is 2.40. The summed E-state index contributed by atoms with van der Waals surface area (Å²) < 4.78 is 5.47. The number of nitrogens with one attached hydrogen (secondary N) is 2. The summed E-state index contributed by atoms with van der Waals surface area (Å²) in [7, 11) is 0. The monoisotopic (exact) mass is 369 g/mol. The second kappa shape index (κ2) is 8.67. The fourth-order valence-corrected chi connectivity index (χ4v) is 3.14. The summed E-state index contributed by atoms with van der Waals surface area (Å²) in [5.41, 5.74) is 3.15. The van der Waals surface area contributed by atoms with Gasteiger partial charge in [0, 0.05) is 13.1 Å². The molecule has 26 heavy (non-hydrogen) atoms. The average molecular weight is 369 g/mol. The number of para-hydroxylation sites is 2. The molecule has 2 aromatic rings. The van der Waals surface area contributed by atoms with Gasteiger partial charge in [0.2, 0.25) is 0 Å². The maximum absolute atomic E-state index is 12.1. The second-order valence-corrected chi connectivity index (χ2v) is 6.72. The molecule has 0 unspecified atom stereocenters. The van der Waals surface area contributed by atoms with Crippen LogP contribution in [0.2, 0.25) is 0 Å². The van der Waals surface area contributed by atoms with Gasteiger partial charge in [0.05, 0.1) is 11.4 Å². The normalized spacial score (nSPS) is 13.3. The Bertz CT molecular complexity index is 771. The van der Waals surface area contributed by atoms with E-state index in [-0.39, 0.29) is 17.6 Å². The minimum absolute atomic E-state index is 0.0847. The second-order valence-electron chi connectivity index (χ2n) is 6.32. The van der Waals surface area contributed by atoms with Gasteiger partial charge < -0.3 is 15.0 Å². The minimum Gasteiger partial charge on any atom is -0.484 e. The fraction of sp³-hybridized carbons (Fsp3) is 0.300. The summed E-state index contributed by atoms with van der Waals surface area (Å²) in [6, 6.07) is 15.6. The van der Waals surface area contributed by atoms with Crippen LogP contribution in [0.25, 0.3) is 0 Å². The number of benzene rings is 2. The minimum atomic E-state index is -0.290. The number of nitrogens with zero attached hydrogens (tertiary/aromatic N) is 1. The Hall–Kier alpha value is -2.60. The van der Waals surface area contributed by atoms with Crippen molar-refractivity contribution in [1.29, 1.82) is 0 Å². The molecule has 0 aromatic heterocycles. The van der Waals surface area contributed by atoms with E-state index < -0.39 is 0 Å². The molecule has 1 heterocycles. The first kappa shape index (κ1) is 18.2. The molecule has 136 valence electrons. The summed E-state index contributed by atoms with van der Waals surface area (Å²) >= 11 is 5.28. The first-order chi connectivity index (χ1) is 12.6. The third-order valence-electron chi connectivity index (χ3n) is 4.24. The molecule has 6 heteroatoms. The molecular weight excluding hydrogens is 346 g/mol. The smallest absolute Gasteiger partial charge is 0.264 e. The molecule has 1 amide bonds. The molecule has 0 saturated carbocycles. The lowest BCUT2D eigenvalue weighted by Crippen LogP contribution is -2.37. The van der Waals surface area contributed by atoms with Crippen LogP contribution < -0.4 is 20.3 Å². The number of amides is 1. The maximum atomic E-state index is 12.1. The lowest BCUT2D eigenvalue weighted by Gasteiger charge is -2.22. The number of carbonyl (C=O) groups is 1. The highest BCUT2D eigenvalue weighted by Gasteiger charge is 2.16. The molecule has 2 N–H and O–H groups in total. The van der Waals surface area contributed by atoms with Crippen molar-refractivity contribution in [2.45, 2.75) is 19.8 Å². The number of thiocarbonyl (C=S) groups is 1. The fourth-order valence-electron chi connectivity index (χ4n) is 2.91. The third kappa shape index (κ3) is 4.95. The molecule has 1 aliphatic rings. The van der Waals surface area contributed by atoms with E-state index in [1.165, 1.54) is 12.8 Å². The Kier molecular flexibility index (Phi) is 6.07. The molecule has 0 atom stereocenters. The van der Waals surface area contributed by atoms with Gasteiger partial charge in [-0.15, -0.1) is 0 Å². The topological polar surface area (TPSA) is 53.6 Å². The zero-order valence-corrected chi connectivity index (χ0v) is 15.6. The summed E-state index contributed by atoms with van der Waals surface area (Å²) in [5.74, 6) is 0.366. The first-order valence-electron chi connectivity index (χ1n) is 8.76. The SMILES string of the molecule is Cc1ccc(OCC(=O)NC(=S)Nc2ccccc2N2CCCC2)cc1. The summed E-state index contributed by atoms with van der Waals surface area (Å²) in [5, 5.41) is 6.06. The maximum Gasteiger partial charge on any atom is 0.264 e. The van der Waals surface area contributed by atoms with Gasteiger partial charge in [-0.2, -0.15) is 0 Å². The number of aryl methyl sites for hydroxylation is 1. The van der Waals surface area contributed by atoms with E-state index in [1.54, 1.807) is 0 Å².